The first-order chi connectivity index (χ1) is 5.33. The van der Waals surface area contributed by atoms with E-state index in [0.717, 1.165) is 13.0 Å². The lowest BCUT2D eigenvalue weighted by Crippen LogP contribution is -2.35. The maximum atomic E-state index is 5.32. The minimum absolute atomic E-state index is 0.107. The molecular weight excluding hydrogens is 146 g/mol. The molecule has 0 spiro atoms. The number of ether oxygens (including phenoxy) is 1. The summed E-state index contributed by atoms with van der Waals surface area (Å²) in [6.07, 6.45) is 1.01. The first kappa shape index (κ1) is 8.29. The molecule has 1 saturated heterocycles. The van der Waals surface area contributed by atoms with Gasteiger partial charge in [-0.2, -0.15) is 0 Å². The van der Waals surface area contributed by atoms with E-state index in [9.17, 15) is 0 Å². The van der Waals surface area contributed by atoms with Crippen LogP contribution in [0.5, 0.6) is 0 Å². The van der Waals surface area contributed by atoms with Crippen molar-refractivity contribution in [3.8, 4) is 0 Å². The lowest BCUT2D eigenvalue weighted by Gasteiger charge is -2.09. The second-order valence-corrected chi connectivity index (χ2v) is 2.31. The molecule has 11 heavy (non-hydrogen) atoms. The summed E-state index contributed by atoms with van der Waals surface area (Å²) in [6, 6.07) is 0. The summed E-state index contributed by atoms with van der Waals surface area (Å²) in [4.78, 5) is 8.79. The zero-order chi connectivity index (χ0) is 8.10. The van der Waals surface area contributed by atoms with Crippen LogP contribution in [-0.4, -0.2) is 32.3 Å². The fraction of sp³-hybridized carbons (Fsp3) is 0.833. The molecule has 0 aliphatic carbocycles. The summed E-state index contributed by atoms with van der Waals surface area (Å²) in [6.45, 7) is 1.39. The molecule has 0 bridgehead atoms. The zero-order valence-corrected chi connectivity index (χ0v) is 6.54. The van der Waals surface area contributed by atoms with Gasteiger partial charge in [-0.3, -0.25) is 9.83 Å². The molecule has 0 saturated carbocycles. The molecule has 1 rings (SSSR count). The molecule has 3 N–H and O–H groups in total. The Balaban J connectivity index is 2.11. The maximum Gasteiger partial charge on any atom is 0.212 e. The first-order valence-electron chi connectivity index (χ1n) is 3.54. The summed E-state index contributed by atoms with van der Waals surface area (Å²) >= 11 is 0. The monoisotopic (exact) mass is 159 g/mol. The van der Waals surface area contributed by atoms with E-state index in [-0.39, 0.29) is 12.1 Å². The van der Waals surface area contributed by atoms with Gasteiger partial charge in [0, 0.05) is 20.1 Å². The third-order valence-corrected chi connectivity index (χ3v) is 1.46. The SMILES string of the molecule is CN=C(N)NOC1CCOC1. The summed E-state index contributed by atoms with van der Waals surface area (Å²) in [7, 11) is 1.59. The molecule has 0 aromatic heterocycles. The highest BCUT2D eigenvalue weighted by Gasteiger charge is 2.16. The summed E-state index contributed by atoms with van der Waals surface area (Å²) in [5.74, 6) is 0.289. The van der Waals surface area contributed by atoms with Gasteiger partial charge in [-0.05, 0) is 0 Å². The normalized spacial score (nSPS) is 25.5. The van der Waals surface area contributed by atoms with Crippen molar-refractivity contribution in [2.75, 3.05) is 20.3 Å². The highest BCUT2D eigenvalue weighted by molar-refractivity contribution is 5.76. The summed E-state index contributed by atoms with van der Waals surface area (Å²) in [5.41, 5.74) is 7.85. The Morgan fingerprint density at radius 3 is 3.18 bits per heavy atom. The molecule has 1 heterocycles. The van der Waals surface area contributed by atoms with E-state index >= 15 is 0 Å². The van der Waals surface area contributed by atoms with E-state index in [1.54, 1.807) is 7.05 Å². The van der Waals surface area contributed by atoms with E-state index in [2.05, 4.69) is 10.5 Å². The number of rotatable bonds is 2. The minimum atomic E-state index is 0.107. The number of hydrogen-bond acceptors (Lipinski definition) is 3. The third-order valence-electron chi connectivity index (χ3n) is 1.46. The Kier molecular flexibility index (Phi) is 3.13. The van der Waals surface area contributed by atoms with Crippen molar-refractivity contribution < 1.29 is 9.57 Å². The predicted octanol–water partition coefficient (Wildman–Crippen LogP) is -0.759. The first-order valence-corrected chi connectivity index (χ1v) is 3.54. The summed E-state index contributed by atoms with van der Waals surface area (Å²) < 4.78 is 5.08. The van der Waals surface area contributed by atoms with Gasteiger partial charge in [0.2, 0.25) is 5.96 Å². The maximum absolute atomic E-state index is 5.32. The van der Waals surface area contributed by atoms with Crippen LogP contribution in [0.15, 0.2) is 4.99 Å². The Morgan fingerprint density at radius 2 is 2.64 bits per heavy atom. The van der Waals surface area contributed by atoms with Crippen molar-refractivity contribution in [1.82, 2.24) is 5.48 Å². The van der Waals surface area contributed by atoms with E-state index in [1.807, 2.05) is 0 Å². The standard InChI is InChI=1S/C6H13N3O2/c1-8-6(7)9-11-5-2-3-10-4-5/h5H,2-4H2,1H3,(H3,7,8,9). The number of nitrogens with zero attached hydrogens (tertiary/aromatic N) is 1. The minimum Gasteiger partial charge on any atom is -0.379 e. The highest BCUT2D eigenvalue weighted by atomic mass is 16.7. The molecular formula is C6H13N3O2. The van der Waals surface area contributed by atoms with Gasteiger partial charge in [-0.1, -0.05) is 0 Å². The van der Waals surface area contributed by atoms with Crippen molar-refractivity contribution in [3.05, 3.63) is 0 Å². The quantitative estimate of drug-likeness (QED) is 0.316. The van der Waals surface area contributed by atoms with Crippen LogP contribution in [0.2, 0.25) is 0 Å². The van der Waals surface area contributed by atoms with Gasteiger partial charge in [-0.15, -0.1) is 0 Å². The highest BCUT2D eigenvalue weighted by Crippen LogP contribution is 2.05. The van der Waals surface area contributed by atoms with Crippen LogP contribution in [-0.2, 0) is 9.57 Å². The Bertz CT molecular complexity index is 143. The van der Waals surface area contributed by atoms with Crippen molar-refractivity contribution >= 4 is 5.96 Å². The van der Waals surface area contributed by atoms with Crippen LogP contribution in [0.25, 0.3) is 0 Å². The molecule has 0 aromatic rings. The van der Waals surface area contributed by atoms with Crippen LogP contribution >= 0.6 is 0 Å². The number of hydrogen-bond donors (Lipinski definition) is 2. The Hall–Kier alpha value is -0.810. The second-order valence-electron chi connectivity index (χ2n) is 2.31. The lowest BCUT2D eigenvalue weighted by molar-refractivity contribution is 0.00405. The third kappa shape index (κ3) is 2.73. The summed E-state index contributed by atoms with van der Waals surface area (Å²) in [5, 5.41) is 0. The number of nitrogens with one attached hydrogen (secondary N) is 1. The topological polar surface area (TPSA) is 68.9 Å². The average molecular weight is 159 g/mol. The average Bonchev–Trinajstić information content (AvgIpc) is 2.52. The van der Waals surface area contributed by atoms with Crippen LogP contribution < -0.4 is 11.2 Å². The van der Waals surface area contributed by atoms with E-state index in [0.29, 0.717) is 6.61 Å². The molecule has 1 aliphatic rings. The smallest absolute Gasteiger partial charge is 0.212 e. The molecule has 0 aromatic carbocycles. The number of guanidine groups is 1. The molecule has 1 atom stereocenters. The van der Waals surface area contributed by atoms with Gasteiger partial charge in [0.15, 0.2) is 0 Å². The fourth-order valence-electron chi connectivity index (χ4n) is 0.795. The zero-order valence-electron chi connectivity index (χ0n) is 6.54. The fourth-order valence-corrected chi connectivity index (χ4v) is 0.795. The van der Waals surface area contributed by atoms with Crippen molar-refractivity contribution in [2.45, 2.75) is 12.5 Å². The predicted molar refractivity (Wildman–Crippen MR) is 41.0 cm³/mol. The van der Waals surface area contributed by atoms with E-state index in [4.69, 9.17) is 15.3 Å². The molecule has 1 fully saturated rings. The molecule has 1 unspecified atom stereocenters. The number of nitrogens with two attached hydrogens (primary N) is 1. The second kappa shape index (κ2) is 4.15. The van der Waals surface area contributed by atoms with Crippen LogP contribution in [0.4, 0.5) is 0 Å². The largest absolute Gasteiger partial charge is 0.379 e. The van der Waals surface area contributed by atoms with Gasteiger partial charge in [0.25, 0.3) is 0 Å². The van der Waals surface area contributed by atoms with Gasteiger partial charge in [-0.25, -0.2) is 5.48 Å². The Morgan fingerprint density at radius 1 is 1.82 bits per heavy atom. The van der Waals surface area contributed by atoms with Crippen LogP contribution in [0.3, 0.4) is 0 Å². The molecule has 5 nitrogen and oxygen atoms in total. The molecule has 5 heteroatoms. The molecule has 1 aliphatic heterocycles. The molecule has 64 valence electrons. The number of aliphatic imine (C=N–C) groups is 1. The Labute approximate surface area is 65.5 Å². The van der Waals surface area contributed by atoms with Crippen molar-refractivity contribution in [1.29, 1.82) is 0 Å². The van der Waals surface area contributed by atoms with E-state index < -0.39 is 0 Å². The van der Waals surface area contributed by atoms with Gasteiger partial charge < -0.3 is 10.5 Å². The van der Waals surface area contributed by atoms with Crippen LogP contribution in [0.1, 0.15) is 6.42 Å². The van der Waals surface area contributed by atoms with E-state index in [1.165, 1.54) is 0 Å². The molecule has 0 radical (unpaired) electrons. The van der Waals surface area contributed by atoms with Gasteiger partial charge in [0.1, 0.15) is 6.10 Å². The van der Waals surface area contributed by atoms with Crippen LogP contribution in [0, 0.1) is 0 Å². The van der Waals surface area contributed by atoms with Crippen molar-refractivity contribution in [3.63, 3.8) is 0 Å². The molecule has 0 amide bonds. The number of hydroxylamine groups is 1. The van der Waals surface area contributed by atoms with Gasteiger partial charge in [0.05, 0.1) is 6.61 Å². The lowest BCUT2D eigenvalue weighted by atomic mass is 10.3. The van der Waals surface area contributed by atoms with Crippen molar-refractivity contribution in [2.24, 2.45) is 10.7 Å². The van der Waals surface area contributed by atoms with Gasteiger partial charge >= 0.3 is 0 Å².